The molecule has 0 spiro atoms. The van der Waals surface area contributed by atoms with E-state index in [0.717, 1.165) is 0 Å². The Morgan fingerprint density at radius 2 is 2.05 bits per heavy atom. The van der Waals surface area contributed by atoms with Crippen LogP contribution in [0.3, 0.4) is 0 Å². The summed E-state index contributed by atoms with van der Waals surface area (Å²) in [7, 11) is 0. The predicted octanol–water partition coefficient (Wildman–Crippen LogP) is 0.973. The van der Waals surface area contributed by atoms with Crippen LogP contribution in [0.4, 0.5) is 0 Å². The molecule has 2 aliphatic rings. The number of azide groups is 1. The third-order valence-corrected chi connectivity index (χ3v) is 4.69. The van der Waals surface area contributed by atoms with Crippen molar-refractivity contribution in [1.82, 2.24) is 0 Å². The molecule has 0 bridgehead atoms. The van der Waals surface area contributed by atoms with Crippen LogP contribution in [0.2, 0.25) is 0 Å². The Labute approximate surface area is 118 Å². The first-order chi connectivity index (χ1) is 9.26. The van der Waals surface area contributed by atoms with Crippen LogP contribution < -0.4 is 0 Å². The number of aliphatic hydroxyl groups excluding tert-OH is 3. The van der Waals surface area contributed by atoms with Crippen molar-refractivity contribution in [3.8, 4) is 0 Å². The van der Waals surface area contributed by atoms with E-state index >= 15 is 0 Å². The van der Waals surface area contributed by atoms with E-state index < -0.39 is 29.8 Å². The van der Waals surface area contributed by atoms with E-state index in [9.17, 15) is 15.3 Å². The van der Waals surface area contributed by atoms with Gasteiger partial charge in [0.2, 0.25) is 0 Å². The number of fused-ring (bicyclic) bond motifs is 1. The van der Waals surface area contributed by atoms with E-state index in [2.05, 4.69) is 10.0 Å². The lowest BCUT2D eigenvalue weighted by atomic mass is 9.65. The molecule has 1 heterocycles. The highest BCUT2D eigenvalue weighted by Crippen LogP contribution is 2.52. The number of nitrogens with zero attached hydrogens (tertiary/aromatic N) is 3. The number of rotatable bonds is 2. The zero-order valence-corrected chi connectivity index (χ0v) is 12.1. The fraction of sp³-hybridized carbons (Fsp3) is 1.00. The smallest absolute Gasteiger partial charge is 0.0941 e. The standard InChI is InChI=1S/C13H23N3O4/c1-12(2,3)9-5-13(6-17)10(19)7(15-16-14)4-8(18)11(13)20-9/h7-11,17-19H,4-6H2,1-3H3/t7-,8-,9-,10+,11+,13+/m1/s1. The van der Waals surface area contributed by atoms with Gasteiger partial charge < -0.3 is 20.1 Å². The van der Waals surface area contributed by atoms with Crippen LogP contribution in [-0.4, -0.2) is 52.4 Å². The largest absolute Gasteiger partial charge is 0.396 e. The molecule has 0 amide bonds. The van der Waals surface area contributed by atoms with Crippen LogP contribution in [0.15, 0.2) is 5.11 Å². The molecule has 0 aromatic heterocycles. The van der Waals surface area contributed by atoms with Gasteiger partial charge in [-0.1, -0.05) is 25.9 Å². The molecule has 3 N–H and O–H groups in total. The lowest BCUT2D eigenvalue weighted by Crippen LogP contribution is -2.59. The van der Waals surface area contributed by atoms with Crippen molar-refractivity contribution in [2.24, 2.45) is 15.9 Å². The van der Waals surface area contributed by atoms with Crippen LogP contribution >= 0.6 is 0 Å². The molecule has 1 aliphatic carbocycles. The minimum absolute atomic E-state index is 0.147. The fourth-order valence-electron chi connectivity index (χ4n) is 3.40. The van der Waals surface area contributed by atoms with Gasteiger partial charge in [-0.2, -0.15) is 0 Å². The molecule has 114 valence electrons. The first-order valence-corrected chi connectivity index (χ1v) is 6.93. The van der Waals surface area contributed by atoms with Crippen molar-refractivity contribution in [2.45, 2.75) is 64.1 Å². The second-order valence-corrected chi connectivity index (χ2v) is 7.03. The molecule has 7 nitrogen and oxygen atoms in total. The van der Waals surface area contributed by atoms with E-state index in [1.54, 1.807) is 0 Å². The molecule has 2 fully saturated rings. The van der Waals surface area contributed by atoms with Gasteiger partial charge in [0.25, 0.3) is 0 Å². The SMILES string of the molecule is CC(C)(C)[C@H]1C[C@]2(CO)[C@@H](O)[C@H](N=[N+]=[N-])C[C@@H](O)[C@@H]2O1. The summed E-state index contributed by atoms with van der Waals surface area (Å²) in [6.07, 6.45) is -2.08. The van der Waals surface area contributed by atoms with Gasteiger partial charge in [-0.3, -0.25) is 0 Å². The Hall–Kier alpha value is -0.850. The Morgan fingerprint density at radius 3 is 2.55 bits per heavy atom. The van der Waals surface area contributed by atoms with Gasteiger partial charge >= 0.3 is 0 Å². The van der Waals surface area contributed by atoms with Gasteiger partial charge in [0, 0.05) is 4.91 Å². The molecule has 6 atom stereocenters. The number of hydrogen-bond acceptors (Lipinski definition) is 5. The van der Waals surface area contributed by atoms with Gasteiger partial charge in [-0.15, -0.1) is 0 Å². The summed E-state index contributed by atoms with van der Waals surface area (Å²) in [5, 5.41) is 34.1. The minimum atomic E-state index is -1.01. The van der Waals surface area contributed by atoms with Crippen molar-refractivity contribution in [2.75, 3.05) is 6.61 Å². The average Bonchev–Trinajstić information content (AvgIpc) is 2.77. The van der Waals surface area contributed by atoms with E-state index in [1.807, 2.05) is 20.8 Å². The average molecular weight is 285 g/mol. The zero-order chi connectivity index (χ0) is 15.1. The summed E-state index contributed by atoms with van der Waals surface area (Å²) in [5.41, 5.74) is 7.45. The van der Waals surface area contributed by atoms with Crippen molar-refractivity contribution in [3.05, 3.63) is 10.4 Å². The van der Waals surface area contributed by atoms with Crippen LogP contribution in [0.5, 0.6) is 0 Å². The highest BCUT2D eigenvalue weighted by molar-refractivity contribution is 5.11. The number of hydrogen-bond donors (Lipinski definition) is 3. The van der Waals surface area contributed by atoms with Crippen molar-refractivity contribution in [3.63, 3.8) is 0 Å². The molecular formula is C13H23N3O4. The van der Waals surface area contributed by atoms with Gasteiger partial charge in [-0.25, -0.2) is 0 Å². The molecule has 0 unspecified atom stereocenters. The van der Waals surface area contributed by atoms with Crippen molar-refractivity contribution >= 4 is 0 Å². The maximum absolute atomic E-state index is 10.5. The second-order valence-electron chi connectivity index (χ2n) is 7.03. The third kappa shape index (κ3) is 2.29. The molecule has 0 aromatic carbocycles. The Bertz CT molecular complexity index is 418. The summed E-state index contributed by atoms with van der Waals surface area (Å²) >= 11 is 0. The fourth-order valence-corrected chi connectivity index (χ4v) is 3.40. The van der Waals surface area contributed by atoms with E-state index in [0.29, 0.717) is 6.42 Å². The van der Waals surface area contributed by atoms with Crippen LogP contribution in [-0.2, 0) is 4.74 Å². The highest BCUT2D eigenvalue weighted by Gasteiger charge is 2.61. The molecule has 1 saturated heterocycles. The van der Waals surface area contributed by atoms with Crippen LogP contribution in [0.1, 0.15) is 33.6 Å². The molecule has 1 aliphatic heterocycles. The summed E-state index contributed by atoms with van der Waals surface area (Å²) in [5.74, 6) is 0. The van der Waals surface area contributed by atoms with E-state index in [1.165, 1.54) is 0 Å². The molecule has 0 aromatic rings. The molecule has 7 heteroatoms. The topological polar surface area (TPSA) is 119 Å². The Morgan fingerprint density at radius 1 is 1.40 bits per heavy atom. The van der Waals surface area contributed by atoms with Crippen LogP contribution in [0.25, 0.3) is 10.4 Å². The molecule has 2 rings (SSSR count). The normalized spacial score (nSPS) is 44.8. The first kappa shape index (κ1) is 15.5. The molecule has 0 radical (unpaired) electrons. The molecule has 1 saturated carbocycles. The van der Waals surface area contributed by atoms with E-state index in [-0.39, 0.29) is 24.5 Å². The van der Waals surface area contributed by atoms with Crippen molar-refractivity contribution < 1.29 is 20.1 Å². The van der Waals surface area contributed by atoms with Gasteiger partial charge in [0.1, 0.15) is 0 Å². The van der Waals surface area contributed by atoms with E-state index in [4.69, 9.17) is 10.3 Å². The first-order valence-electron chi connectivity index (χ1n) is 6.93. The minimum Gasteiger partial charge on any atom is -0.396 e. The summed E-state index contributed by atoms with van der Waals surface area (Å²) in [6.45, 7) is 5.75. The zero-order valence-electron chi connectivity index (χ0n) is 12.1. The molecular weight excluding hydrogens is 262 g/mol. The maximum Gasteiger partial charge on any atom is 0.0941 e. The van der Waals surface area contributed by atoms with Crippen molar-refractivity contribution in [1.29, 1.82) is 0 Å². The Balaban J connectivity index is 2.36. The summed E-state index contributed by atoms with van der Waals surface area (Å²) in [4.78, 5) is 2.72. The van der Waals surface area contributed by atoms with Gasteiger partial charge in [0.05, 0.1) is 42.5 Å². The quantitative estimate of drug-likeness (QED) is 0.398. The molecule has 20 heavy (non-hydrogen) atoms. The lowest BCUT2D eigenvalue weighted by molar-refractivity contribution is -0.161. The maximum atomic E-state index is 10.5. The highest BCUT2D eigenvalue weighted by atomic mass is 16.5. The number of aliphatic hydroxyl groups is 3. The second kappa shape index (κ2) is 5.16. The number of ether oxygens (including phenoxy) is 1. The lowest BCUT2D eigenvalue weighted by Gasteiger charge is -2.45. The third-order valence-electron chi connectivity index (χ3n) is 4.69. The Kier molecular flexibility index (Phi) is 4.01. The monoisotopic (exact) mass is 285 g/mol. The predicted molar refractivity (Wildman–Crippen MR) is 71.8 cm³/mol. The van der Waals surface area contributed by atoms with Gasteiger partial charge in [-0.05, 0) is 23.8 Å². The summed E-state index contributed by atoms with van der Waals surface area (Å²) < 4.78 is 5.93. The van der Waals surface area contributed by atoms with Crippen LogP contribution in [0, 0.1) is 10.8 Å². The van der Waals surface area contributed by atoms with Gasteiger partial charge in [0.15, 0.2) is 0 Å². The summed E-state index contributed by atoms with van der Waals surface area (Å²) in [6, 6.07) is -0.735.